The lowest BCUT2D eigenvalue weighted by Gasteiger charge is -2.37. The number of rotatable bonds is 7. The Bertz CT molecular complexity index is 961. The minimum Gasteiger partial charge on any atom is -0.324 e. The lowest BCUT2D eigenvalue weighted by Crippen LogP contribution is -2.48. The van der Waals surface area contributed by atoms with Crippen LogP contribution in [0, 0.1) is 0 Å². The molecule has 0 radical (unpaired) electrons. The fourth-order valence-electron chi connectivity index (χ4n) is 3.54. The fourth-order valence-corrected chi connectivity index (χ4v) is 4.92. The van der Waals surface area contributed by atoms with Gasteiger partial charge in [-0.1, -0.05) is 0 Å². The number of anilines is 1. The van der Waals surface area contributed by atoms with Crippen LogP contribution < -0.4 is 5.32 Å². The molecule has 1 aromatic carbocycles. The van der Waals surface area contributed by atoms with Crippen molar-refractivity contribution in [3.8, 4) is 0 Å². The summed E-state index contributed by atoms with van der Waals surface area (Å²) in [4.78, 5) is 13.9. The van der Waals surface area contributed by atoms with Crippen molar-refractivity contribution in [2.45, 2.75) is 49.7 Å². The van der Waals surface area contributed by atoms with Gasteiger partial charge in [0.05, 0.1) is 4.90 Å². The molecule has 1 heterocycles. The molecule has 0 aromatic heterocycles. The largest absolute Gasteiger partial charge is 0.389 e. The van der Waals surface area contributed by atoms with E-state index in [1.807, 2.05) is 4.90 Å². The number of nitrogens with one attached hydrogen (secondary N) is 1. The number of nitrogens with zero attached hydrogens (tertiary/aromatic N) is 5. The second kappa shape index (κ2) is 11.7. The van der Waals surface area contributed by atoms with E-state index in [0.717, 1.165) is 6.42 Å². The lowest BCUT2D eigenvalue weighted by atomic mass is 10.1. The van der Waals surface area contributed by atoms with E-state index in [-0.39, 0.29) is 23.3 Å². The van der Waals surface area contributed by atoms with Gasteiger partial charge in [0.25, 0.3) is 0 Å². The standard InChI is InChI=1S/C21H31F3N6O2S/c1-16(25-2)27-20(26-3)28-17-8-10-19(11-9-17)33(31,32)29(4)18-7-5-13-30(15-18)14-6-12-21(22,23)24/h8-11,18H,3,5-7,12-15H2,1-2,4H3,(H,25,27,28). The summed E-state index contributed by atoms with van der Waals surface area (Å²) in [7, 11) is -0.646. The van der Waals surface area contributed by atoms with Gasteiger partial charge in [-0.3, -0.25) is 4.99 Å². The van der Waals surface area contributed by atoms with Gasteiger partial charge in [-0.2, -0.15) is 22.5 Å². The number of guanidine groups is 1. The van der Waals surface area contributed by atoms with Crippen molar-refractivity contribution >= 4 is 34.2 Å². The zero-order chi connectivity index (χ0) is 24.6. The van der Waals surface area contributed by atoms with E-state index in [0.29, 0.717) is 37.6 Å². The van der Waals surface area contributed by atoms with E-state index in [9.17, 15) is 21.6 Å². The highest BCUT2D eigenvalue weighted by molar-refractivity contribution is 7.89. The summed E-state index contributed by atoms with van der Waals surface area (Å²) in [6, 6.07) is 5.88. The first-order valence-electron chi connectivity index (χ1n) is 10.6. The van der Waals surface area contributed by atoms with E-state index < -0.39 is 22.6 Å². The summed E-state index contributed by atoms with van der Waals surface area (Å²) in [6.45, 7) is 6.55. The van der Waals surface area contributed by atoms with Gasteiger partial charge in [-0.15, -0.1) is 0 Å². The van der Waals surface area contributed by atoms with Gasteiger partial charge in [0.2, 0.25) is 16.0 Å². The van der Waals surface area contributed by atoms with E-state index in [1.165, 1.54) is 23.5 Å². The Balaban J connectivity index is 2.04. The molecule has 1 N–H and O–H groups in total. The highest BCUT2D eigenvalue weighted by Crippen LogP contribution is 2.25. The average Bonchev–Trinajstić information content (AvgIpc) is 2.77. The molecule has 33 heavy (non-hydrogen) atoms. The van der Waals surface area contributed by atoms with Gasteiger partial charge in [-0.05, 0) is 70.3 Å². The van der Waals surface area contributed by atoms with E-state index >= 15 is 0 Å². The molecule has 1 unspecified atom stereocenters. The minimum atomic E-state index is -4.17. The van der Waals surface area contributed by atoms with Crippen LogP contribution in [0.25, 0.3) is 0 Å². The summed E-state index contributed by atoms with van der Waals surface area (Å²) >= 11 is 0. The fraction of sp³-hybridized carbons (Fsp3) is 0.571. The molecule has 8 nitrogen and oxygen atoms in total. The van der Waals surface area contributed by atoms with Gasteiger partial charge in [0.15, 0.2) is 0 Å². The first-order chi connectivity index (χ1) is 15.5. The van der Waals surface area contributed by atoms with Crippen LogP contribution in [0.5, 0.6) is 0 Å². The van der Waals surface area contributed by atoms with Gasteiger partial charge in [0.1, 0.15) is 5.84 Å². The molecule has 1 aliphatic rings. The summed E-state index contributed by atoms with van der Waals surface area (Å²) < 4.78 is 64.8. The molecular formula is C21H31F3N6O2S. The monoisotopic (exact) mass is 488 g/mol. The number of hydrogen-bond donors (Lipinski definition) is 1. The lowest BCUT2D eigenvalue weighted by molar-refractivity contribution is -0.136. The Labute approximate surface area is 193 Å². The third kappa shape index (κ3) is 8.20. The van der Waals surface area contributed by atoms with Gasteiger partial charge >= 0.3 is 6.18 Å². The molecule has 0 aliphatic carbocycles. The molecular weight excluding hydrogens is 457 g/mol. The van der Waals surface area contributed by atoms with E-state index in [2.05, 4.69) is 27.0 Å². The summed E-state index contributed by atoms with van der Waals surface area (Å²) in [5, 5.41) is 2.95. The highest BCUT2D eigenvalue weighted by Gasteiger charge is 2.32. The van der Waals surface area contributed by atoms with Crippen molar-refractivity contribution in [1.82, 2.24) is 9.21 Å². The molecule has 1 fully saturated rings. The van der Waals surface area contributed by atoms with Crippen LogP contribution in [0.1, 0.15) is 32.6 Å². The second-order valence-corrected chi connectivity index (χ2v) is 9.85. The number of piperidine rings is 1. The van der Waals surface area contributed by atoms with Gasteiger partial charge < -0.3 is 10.2 Å². The second-order valence-electron chi connectivity index (χ2n) is 7.85. The molecule has 0 bridgehead atoms. The zero-order valence-corrected chi connectivity index (χ0v) is 20.0. The Kier molecular flexibility index (Phi) is 9.56. The van der Waals surface area contributed by atoms with Crippen LogP contribution in [0.2, 0.25) is 0 Å². The number of halogens is 3. The molecule has 0 saturated carbocycles. The number of alkyl halides is 3. The number of benzene rings is 1. The first kappa shape index (κ1) is 26.9. The number of sulfonamides is 1. The van der Waals surface area contributed by atoms with E-state index in [4.69, 9.17) is 0 Å². The first-order valence-corrected chi connectivity index (χ1v) is 12.0. The number of amidine groups is 1. The SMILES string of the molecule is C=NC(=NC(C)=NC)Nc1ccc(S(=O)(=O)N(C)C2CCCN(CCCC(F)(F)F)C2)cc1. The Hall–Kier alpha value is -2.31. The van der Waals surface area contributed by atoms with Crippen LogP contribution >= 0.6 is 0 Å². The van der Waals surface area contributed by atoms with Crippen molar-refractivity contribution < 1.29 is 21.6 Å². The van der Waals surface area contributed by atoms with Crippen molar-refractivity contribution in [2.24, 2.45) is 15.0 Å². The van der Waals surface area contributed by atoms with Crippen LogP contribution in [-0.2, 0) is 10.0 Å². The quantitative estimate of drug-likeness (QED) is 0.469. The van der Waals surface area contributed by atoms with E-state index in [1.54, 1.807) is 26.1 Å². The Morgan fingerprint density at radius 2 is 1.97 bits per heavy atom. The summed E-state index contributed by atoms with van der Waals surface area (Å²) in [6.07, 6.45) is -3.60. The number of aliphatic imine (C=N–C) groups is 3. The molecule has 0 amide bonds. The number of likely N-dealkylation sites (N-methyl/N-ethyl adjacent to an activating group) is 1. The molecule has 1 aromatic rings. The third-order valence-corrected chi connectivity index (χ3v) is 7.38. The van der Waals surface area contributed by atoms with Crippen LogP contribution in [0.3, 0.4) is 0 Å². The predicted molar refractivity (Wildman–Crippen MR) is 126 cm³/mol. The maximum Gasteiger partial charge on any atom is 0.389 e. The smallest absolute Gasteiger partial charge is 0.324 e. The number of likely N-dealkylation sites (tertiary alicyclic amines) is 1. The topological polar surface area (TPSA) is 89.7 Å². The summed E-state index contributed by atoms with van der Waals surface area (Å²) in [5.41, 5.74) is 0.583. The maximum atomic E-state index is 13.1. The molecule has 12 heteroatoms. The van der Waals surface area contributed by atoms with Crippen LogP contribution in [0.4, 0.5) is 18.9 Å². The average molecular weight is 489 g/mol. The molecule has 184 valence electrons. The summed E-state index contributed by atoms with van der Waals surface area (Å²) in [5.74, 6) is 0.740. The highest BCUT2D eigenvalue weighted by atomic mass is 32.2. The normalized spacial score (nSPS) is 19.1. The van der Waals surface area contributed by atoms with Crippen LogP contribution in [0.15, 0.2) is 44.1 Å². The maximum absolute atomic E-state index is 13.1. The molecule has 0 spiro atoms. The van der Waals surface area contributed by atoms with Crippen molar-refractivity contribution in [3.63, 3.8) is 0 Å². The molecule has 1 aliphatic heterocycles. The minimum absolute atomic E-state index is 0.00956. The van der Waals surface area contributed by atoms with Crippen molar-refractivity contribution in [2.75, 3.05) is 39.0 Å². The molecule has 2 rings (SSSR count). The zero-order valence-electron chi connectivity index (χ0n) is 19.1. The third-order valence-electron chi connectivity index (χ3n) is 5.46. The Morgan fingerprint density at radius 3 is 2.55 bits per heavy atom. The number of hydrogen-bond acceptors (Lipinski definition) is 4. The Morgan fingerprint density at radius 1 is 1.30 bits per heavy atom. The van der Waals surface area contributed by atoms with Gasteiger partial charge in [-0.25, -0.2) is 13.4 Å². The molecule has 1 saturated heterocycles. The van der Waals surface area contributed by atoms with Crippen LogP contribution in [-0.4, -0.2) is 82.1 Å². The van der Waals surface area contributed by atoms with Gasteiger partial charge in [0, 0.05) is 38.8 Å². The predicted octanol–water partition coefficient (Wildman–Crippen LogP) is 3.63. The molecule has 1 atom stereocenters. The van der Waals surface area contributed by atoms with Crippen molar-refractivity contribution in [3.05, 3.63) is 24.3 Å². The van der Waals surface area contributed by atoms with Crippen molar-refractivity contribution in [1.29, 1.82) is 0 Å².